The number of aryl methyl sites for hydroxylation is 2. The molecule has 0 radical (unpaired) electrons. The summed E-state index contributed by atoms with van der Waals surface area (Å²) in [4.78, 5) is 95.1. The minimum Gasteiger partial charge on any atom is -0.477 e. The van der Waals surface area contributed by atoms with Gasteiger partial charge in [-0.15, -0.1) is 68.8 Å². The first-order valence-electron chi connectivity index (χ1n) is 18.4. The Morgan fingerprint density at radius 2 is 1.13 bits per heavy atom. The van der Waals surface area contributed by atoms with E-state index in [0.29, 0.717) is 44.5 Å². The van der Waals surface area contributed by atoms with Crippen molar-refractivity contribution in [2.24, 2.45) is 24.4 Å². The van der Waals surface area contributed by atoms with Gasteiger partial charge in [-0.25, -0.2) is 28.9 Å². The number of aromatic nitrogens is 10. The monoisotopic (exact) mass is 1060 g/mol. The summed E-state index contributed by atoms with van der Waals surface area (Å²) < 4.78 is 2.94. The number of thioether (sulfide) groups is 4. The SMILES string of the molecule is CON=C(C(=O)NC1C(=O)N2C(C(=O)O)=C(CSc3nnnn3C)CSC12)c1csc(N)n1.CON=C(C(=O)NC1C(=O)N2C(C(=O)O)=C(CSc3nnnn3C)CSC12)c1csc(N)n1.Cl. The third-order valence-corrected chi connectivity index (χ3v) is 15.5. The molecule has 356 valence electrons. The van der Waals surface area contributed by atoms with Gasteiger partial charge in [-0.1, -0.05) is 33.8 Å². The number of amides is 4. The number of oxime groups is 2. The van der Waals surface area contributed by atoms with Crippen molar-refractivity contribution in [2.75, 3.05) is 48.7 Å². The van der Waals surface area contributed by atoms with E-state index in [-0.39, 0.29) is 56.9 Å². The topological polar surface area (TPSA) is 382 Å². The Morgan fingerprint density at radius 1 is 0.746 bits per heavy atom. The zero-order valence-corrected chi connectivity index (χ0v) is 40.4. The maximum Gasteiger partial charge on any atom is 0.352 e. The van der Waals surface area contributed by atoms with Gasteiger partial charge in [0.2, 0.25) is 10.3 Å². The van der Waals surface area contributed by atoms with Gasteiger partial charge in [0.25, 0.3) is 23.6 Å². The molecule has 2 saturated heterocycles. The zero-order chi connectivity index (χ0) is 47.4. The second-order valence-corrected chi connectivity index (χ2v) is 19.2. The number of carboxylic acid groups (broad SMARTS) is 2. The summed E-state index contributed by atoms with van der Waals surface area (Å²) in [6, 6.07) is -1.85. The smallest absolute Gasteiger partial charge is 0.352 e. The lowest BCUT2D eigenvalue weighted by molar-refractivity contribution is -0.150. The number of halogens is 1. The fourth-order valence-electron chi connectivity index (χ4n) is 6.38. The van der Waals surface area contributed by atoms with Crippen molar-refractivity contribution < 1.29 is 48.7 Å². The van der Waals surface area contributed by atoms with Crippen molar-refractivity contribution in [3.8, 4) is 0 Å². The minimum atomic E-state index is -1.22. The van der Waals surface area contributed by atoms with Gasteiger partial charge in [-0.05, 0) is 32.0 Å². The molecule has 35 heteroatoms. The van der Waals surface area contributed by atoms with Gasteiger partial charge in [0.05, 0.1) is 0 Å². The van der Waals surface area contributed by atoms with Crippen molar-refractivity contribution in [3.63, 3.8) is 0 Å². The van der Waals surface area contributed by atoms with Gasteiger partial charge in [0.15, 0.2) is 21.7 Å². The molecule has 0 saturated carbocycles. The largest absolute Gasteiger partial charge is 0.477 e. The van der Waals surface area contributed by atoms with E-state index in [1.807, 2.05) is 0 Å². The second-order valence-electron chi connectivity index (χ2n) is 13.4. The van der Waals surface area contributed by atoms with Crippen molar-refractivity contribution >= 4 is 139 Å². The first kappa shape index (κ1) is 50.3. The number of carbonyl (C=O) groups is 6. The van der Waals surface area contributed by atoms with Gasteiger partial charge in [-0.2, -0.15) is 0 Å². The highest BCUT2D eigenvalue weighted by Gasteiger charge is 2.56. The molecule has 8 rings (SSSR count). The summed E-state index contributed by atoms with van der Waals surface area (Å²) in [5.74, 6) is -3.54. The van der Waals surface area contributed by atoms with Crippen molar-refractivity contribution in [1.82, 2.24) is 70.8 Å². The molecule has 0 aromatic carbocycles. The number of fused-ring (bicyclic) bond motifs is 2. The molecule has 28 nitrogen and oxygen atoms in total. The summed E-state index contributed by atoms with van der Waals surface area (Å²) >= 11 is 7.50. The number of nitrogens with two attached hydrogens (primary N) is 2. The normalized spacial score (nSPS) is 20.1. The quantitative estimate of drug-likeness (QED) is 0.0328. The van der Waals surface area contributed by atoms with E-state index in [0.717, 1.165) is 22.7 Å². The number of nitrogens with one attached hydrogen (secondary N) is 2. The van der Waals surface area contributed by atoms with E-state index < -0.39 is 58.4 Å². The molecular formula is C32H35ClN18O10S6. The van der Waals surface area contributed by atoms with Crippen LogP contribution in [0.1, 0.15) is 11.4 Å². The maximum atomic E-state index is 12.9. The van der Waals surface area contributed by atoms with E-state index in [9.17, 15) is 39.0 Å². The lowest BCUT2D eigenvalue weighted by atomic mass is 10.0. The van der Waals surface area contributed by atoms with Crippen LogP contribution in [0.4, 0.5) is 10.3 Å². The molecule has 0 bridgehead atoms. The number of hydrogen-bond acceptors (Lipinski definition) is 26. The molecular weight excluding hydrogens is 1020 g/mol. The van der Waals surface area contributed by atoms with Gasteiger partial charge in [0, 0.05) is 47.9 Å². The molecule has 4 aromatic rings. The van der Waals surface area contributed by atoms with E-state index in [1.165, 1.54) is 80.4 Å². The highest BCUT2D eigenvalue weighted by atomic mass is 35.5. The lowest BCUT2D eigenvalue weighted by Gasteiger charge is -2.49. The highest BCUT2D eigenvalue weighted by Crippen LogP contribution is 2.43. The van der Waals surface area contributed by atoms with Crippen LogP contribution in [0.15, 0.2) is 53.9 Å². The highest BCUT2D eigenvalue weighted by molar-refractivity contribution is 8.01. The van der Waals surface area contributed by atoms with Crippen LogP contribution >= 0.6 is 82.1 Å². The molecule has 2 fully saturated rings. The van der Waals surface area contributed by atoms with Crippen LogP contribution in [0.25, 0.3) is 0 Å². The van der Waals surface area contributed by atoms with E-state index in [1.54, 1.807) is 24.9 Å². The zero-order valence-electron chi connectivity index (χ0n) is 34.7. The molecule has 4 unspecified atom stereocenters. The number of carbonyl (C=O) groups excluding carboxylic acids is 4. The number of rotatable bonds is 16. The molecule has 4 aromatic heterocycles. The average Bonchev–Trinajstić information content (AvgIpc) is 4.12. The van der Waals surface area contributed by atoms with Crippen molar-refractivity contribution in [2.45, 2.75) is 33.1 Å². The second kappa shape index (κ2) is 21.7. The van der Waals surface area contributed by atoms with Crippen LogP contribution in [-0.4, -0.2) is 177 Å². The van der Waals surface area contributed by atoms with Gasteiger partial charge >= 0.3 is 11.9 Å². The molecule has 0 aliphatic carbocycles. The van der Waals surface area contributed by atoms with Crippen LogP contribution in [0, 0.1) is 0 Å². The molecule has 4 aliphatic rings. The molecule has 67 heavy (non-hydrogen) atoms. The summed E-state index contributed by atoms with van der Waals surface area (Å²) in [5, 5.41) is 57.9. The Bertz CT molecular complexity index is 2540. The first-order chi connectivity index (χ1) is 31.6. The standard InChI is InChI=1S/2C16H17N9O5S3.ClH/c2*1-24-16(20-22-23-24)33-4-6-3-31-13-9(12(27)25(13)10(6)14(28)29)19-11(26)8(21-30-2)7-5-32-15(17)18-7;/h2*5,9,13H,3-4H2,1-2H3,(H2,17,18)(H,19,26)(H,28,29);1H. The van der Waals surface area contributed by atoms with Gasteiger partial charge < -0.3 is 42.0 Å². The third kappa shape index (κ3) is 10.6. The van der Waals surface area contributed by atoms with Crippen LogP contribution in [-0.2, 0) is 52.5 Å². The Morgan fingerprint density at radius 3 is 1.43 bits per heavy atom. The molecule has 4 aliphatic heterocycles. The van der Waals surface area contributed by atoms with Crippen LogP contribution in [0.3, 0.4) is 0 Å². The van der Waals surface area contributed by atoms with Gasteiger partial charge in [-0.3, -0.25) is 29.0 Å². The molecule has 8 heterocycles. The Hall–Kier alpha value is -6.07. The van der Waals surface area contributed by atoms with Crippen LogP contribution in [0.5, 0.6) is 0 Å². The predicted molar refractivity (Wildman–Crippen MR) is 246 cm³/mol. The fraction of sp³-hybridized carbons (Fsp3) is 0.375. The summed E-state index contributed by atoms with van der Waals surface area (Å²) in [6.07, 6.45) is 0. The summed E-state index contributed by atoms with van der Waals surface area (Å²) in [6.45, 7) is 0. The third-order valence-electron chi connectivity index (χ3n) is 9.31. The number of nitrogen functional groups attached to an aromatic ring is 2. The number of anilines is 2. The van der Waals surface area contributed by atoms with E-state index >= 15 is 0 Å². The number of nitrogens with zero attached hydrogens (tertiary/aromatic N) is 14. The predicted octanol–water partition coefficient (Wildman–Crippen LogP) is -1.32. The summed E-state index contributed by atoms with van der Waals surface area (Å²) in [7, 11) is 5.90. The maximum absolute atomic E-state index is 12.9. The Balaban J connectivity index is 0.000000218. The number of hydrogen-bond donors (Lipinski definition) is 6. The molecule has 8 N–H and O–H groups in total. The number of aliphatic carboxylic acids is 2. The lowest BCUT2D eigenvalue weighted by Crippen LogP contribution is -2.71. The number of carboxylic acids is 2. The molecule has 4 amide bonds. The van der Waals surface area contributed by atoms with Crippen molar-refractivity contribution in [1.29, 1.82) is 0 Å². The summed E-state index contributed by atoms with van der Waals surface area (Å²) in [5.41, 5.74) is 12.3. The van der Waals surface area contributed by atoms with E-state index in [2.05, 4.69) is 62.0 Å². The Labute approximate surface area is 407 Å². The number of tetrazole rings is 2. The number of thiazole rings is 2. The van der Waals surface area contributed by atoms with Crippen LogP contribution < -0.4 is 22.1 Å². The number of β-lactam (4-membered cyclic amide) rings is 2. The Kier molecular flexibility index (Phi) is 16.3. The minimum absolute atomic E-state index is 0. The first-order valence-corrected chi connectivity index (χ1v) is 24.2. The molecule has 0 spiro atoms. The van der Waals surface area contributed by atoms with Crippen molar-refractivity contribution in [3.05, 3.63) is 44.7 Å². The van der Waals surface area contributed by atoms with Gasteiger partial charge in [0.1, 0.15) is 59.8 Å². The van der Waals surface area contributed by atoms with Crippen LogP contribution in [0.2, 0.25) is 0 Å². The molecule has 4 atom stereocenters. The fourth-order valence-corrected chi connectivity index (χ4v) is 12.1. The average molecular weight is 1060 g/mol. The van der Waals surface area contributed by atoms with E-state index in [4.69, 9.17) is 21.1 Å².